The maximum absolute atomic E-state index is 13.7. The molecular weight excluding hydrogens is 411 g/mol. The van der Waals surface area contributed by atoms with Gasteiger partial charge in [0.25, 0.3) is 5.91 Å². The molecule has 0 aliphatic carbocycles. The average molecular weight is 438 g/mol. The summed E-state index contributed by atoms with van der Waals surface area (Å²) in [4.78, 5) is 29.4. The number of carbonyl (C=O) groups excluding carboxylic acids is 2. The van der Waals surface area contributed by atoms with Gasteiger partial charge in [-0.3, -0.25) is 4.79 Å². The molecule has 0 unspecified atom stereocenters. The lowest BCUT2D eigenvalue weighted by Gasteiger charge is -2.15. The van der Waals surface area contributed by atoms with E-state index in [0.717, 1.165) is 0 Å². The molecule has 0 saturated heterocycles. The Morgan fingerprint density at radius 1 is 1.16 bits per heavy atom. The summed E-state index contributed by atoms with van der Waals surface area (Å²) in [5.74, 6) is -1.42. The van der Waals surface area contributed by atoms with Gasteiger partial charge in [-0.05, 0) is 80.8 Å². The topological polar surface area (TPSA) is 88.0 Å². The lowest BCUT2D eigenvalue weighted by molar-refractivity contribution is -0.112. The monoisotopic (exact) mass is 438 g/mol. The molecule has 0 radical (unpaired) electrons. The van der Waals surface area contributed by atoms with Crippen LogP contribution < -0.4 is 5.32 Å². The molecule has 0 bridgehead atoms. The normalized spacial score (nSPS) is 11.0. The fourth-order valence-corrected chi connectivity index (χ4v) is 3.16. The molecule has 7 heteroatoms. The summed E-state index contributed by atoms with van der Waals surface area (Å²) < 4.78 is 18.5. The van der Waals surface area contributed by atoms with Gasteiger partial charge in [0.2, 0.25) is 0 Å². The van der Waals surface area contributed by atoms with Crippen molar-refractivity contribution in [2.45, 2.75) is 34.3 Å². The second-order valence-electron chi connectivity index (χ2n) is 7.44. The fourth-order valence-electron chi connectivity index (χ4n) is 3.16. The van der Waals surface area contributed by atoms with E-state index < -0.39 is 24.3 Å². The molecule has 6 nitrogen and oxygen atoms in total. The molecule has 168 valence electrons. The third kappa shape index (κ3) is 5.56. The van der Waals surface area contributed by atoms with E-state index in [1.807, 2.05) is 0 Å². The zero-order chi connectivity index (χ0) is 24.0. The first-order valence-electron chi connectivity index (χ1n) is 9.92. The maximum Gasteiger partial charge on any atom is 0.337 e. The maximum atomic E-state index is 13.7. The molecule has 32 heavy (non-hydrogen) atoms. The van der Waals surface area contributed by atoms with Crippen molar-refractivity contribution in [2.24, 2.45) is 4.99 Å². The Kier molecular flexibility index (Phi) is 8.21. The summed E-state index contributed by atoms with van der Waals surface area (Å²) in [5, 5.41) is 12.2. The van der Waals surface area contributed by atoms with Crippen molar-refractivity contribution >= 4 is 23.3 Å². The number of methoxy groups -OCH3 is 1. The minimum absolute atomic E-state index is 0.122. The van der Waals surface area contributed by atoms with E-state index >= 15 is 0 Å². The van der Waals surface area contributed by atoms with Crippen LogP contribution in [0.3, 0.4) is 0 Å². The van der Waals surface area contributed by atoms with Crippen LogP contribution in [0.5, 0.6) is 0 Å². The molecule has 0 heterocycles. The van der Waals surface area contributed by atoms with Crippen LogP contribution in [0.1, 0.15) is 46.5 Å². The SMILES string of the molecule is C=CC(=NC(C(=O)Nc1c(C)cc(C(=O)OC)cc1C)=C(C)C)c1ccc(F)c(CO)c1. The Morgan fingerprint density at radius 3 is 2.28 bits per heavy atom. The number of allylic oxidation sites excluding steroid dienone is 2. The lowest BCUT2D eigenvalue weighted by atomic mass is 10.0. The van der Waals surface area contributed by atoms with Crippen LogP contribution in [0.2, 0.25) is 0 Å². The van der Waals surface area contributed by atoms with Gasteiger partial charge in [-0.15, -0.1) is 0 Å². The Morgan fingerprint density at radius 2 is 1.78 bits per heavy atom. The molecule has 0 fully saturated rings. The predicted octanol–water partition coefficient (Wildman–Crippen LogP) is 4.63. The van der Waals surface area contributed by atoms with E-state index in [0.29, 0.717) is 39.2 Å². The Labute approximate surface area is 187 Å². The number of ether oxygens (including phenoxy) is 1. The molecule has 2 aromatic carbocycles. The number of aliphatic hydroxyl groups is 1. The third-order valence-electron chi connectivity index (χ3n) is 4.82. The highest BCUT2D eigenvalue weighted by Gasteiger charge is 2.17. The Bertz CT molecular complexity index is 1110. The highest BCUT2D eigenvalue weighted by Crippen LogP contribution is 2.24. The average Bonchev–Trinajstić information content (AvgIpc) is 2.76. The summed E-state index contributed by atoms with van der Waals surface area (Å²) >= 11 is 0. The van der Waals surface area contributed by atoms with Gasteiger partial charge in [0.15, 0.2) is 0 Å². The first-order chi connectivity index (χ1) is 15.1. The van der Waals surface area contributed by atoms with E-state index in [2.05, 4.69) is 16.9 Å². The second kappa shape index (κ2) is 10.6. The number of aliphatic imine (C=N–C) groups is 1. The number of benzene rings is 2. The Hall–Kier alpha value is -3.58. The summed E-state index contributed by atoms with van der Waals surface area (Å²) in [5.41, 5.74) is 4.20. The van der Waals surface area contributed by atoms with Crippen molar-refractivity contribution < 1.29 is 23.8 Å². The van der Waals surface area contributed by atoms with Crippen molar-refractivity contribution in [1.29, 1.82) is 0 Å². The molecule has 0 aliphatic heterocycles. The van der Waals surface area contributed by atoms with Crippen molar-refractivity contribution in [3.8, 4) is 0 Å². The number of anilines is 1. The van der Waals surface area contributed by atoms with Gasteiger partial charge in [0.1, 0.15) is 11.5 Å². The van der Waals surface area contributed by atoms with Crippen molar-refractivity contribution in [1.82, 2.24) is 0 Å². The van der Waals surface area contributed by atoms with Crippen LogP contribution in [0.4, 0.5) is 10.1 Å². The van der Waals surface area contributed by atoms with Gasteiger partial charge in [0, 0.05) is 16.8 Å². The predicted molar refractivity (Wildman–Crippen MR) is 123 cm³/mol. The molecule has 2 N–H and O–H groups in total. The number of hydrogen-bond donors (Lipinski definition) is 2. The van der Waals surface area contributed by atoms with Crippen LogP contribution >= 0.6 is 0 Å². The van der Waals surface area contributed by atoms with E-state index in [-0.39, 0.29) is 11.3 Å². The number of nitrogens with zero attached hydrogens (tertiary/aromatic N) is 1. The number of carbonyl (C=O) groups is 2. The summed E-state index contributed by atoms with van der Waals surface area (Å²) in [6.07, 6.45) is 1.46. The highest BCUT2D eigenvalue weighted by atomic mass is 19.1. The Balaban J connectivity index is 2.43. The number of esters is 1. The zero-order valence-corrected chi connectivity index (χ0v) is 18.9. The van der Waals surface area contributed by atoms with Crippen LogP contribution in [0.15, 0.2) is 59.2 Å². The first kappa shape index (κ1) is 24.7. The van der Waals surface area contributed by atoms with Gasteiger partial charge in [-0.25, -0.2) is 14.2 Å². The number of rotatable bonds is 7. The lowest BCUT2D eigenvalue weighted by Crippen LogP contribution is -2.18. The molecule has 1 amide bonds. The van der Waals surface area contributed by atoms with Crippen molar-refractivity contribution in [3.63, 3.8) is 0 Å². The van der Waals surface area contributed by atoms with Crippen LogP contribution in [-0.2, 0) is 16.1 Å². The van der Waals surface area contributed by atoms with E-state index in [9.17, 15) is 19.1 Å². The van der Waals surface area contributed by atoms with Gasteiger partial charge >= 0.3 is 5.97 Å². The number of aryl methyl sites for hydroxylation is 2. The number of amides is 1. The molecule has 0 saturated carbocycles. The highest BCUT2D eigenvalue weighted by molar-refractivity contribution is 6.13. The molecule has 0 atom stereocenters. The van der Waals surface area contributed by atoms with E-state index in [1.54, 1.807) is 39.8 Å². The van der Waals surface area contributed by atoms with Crippen LogP contribution in [0.25, 0.3) is 0 Å². The molecule has 0 aliphatic rings. The quantitative estimate of drug-likeness (QED) is 0.375. The number of aliphatic hydroxyl groups excluding tert-OH is 1. The minimum Gasteiger partial charge on any atom is -0.465 e. The number of nitrogens with one attached hydrogen (secondary N) is 1. The van der Waals surface area contributed by atoms with Crippen LogP contribution in [-0.4, -0.2) is 29.8 Å². The minimum atomic E-state index is -0.527. The molecule has 2 rings (SSSR count). The standard InChI is InChI=1S/C25H27FN2O4/c1-7-21(17-8-9-20(26)19(12-17)13-29)27-22(14(2)3)24(30)28-23-15(4)10-18(11-16(23)5)25(31)32-6/h7-12,29H,1,13H2,2-6H3,(H,28,30). The molecular formula is C25H27FN2O4. The van der Waals surface area contributed by atoms with Crippen molar-refractivity contribution in [2.75, 3.05) is 12.4 Å². The van der Waals surface area contributed by atoms with Gasteiger partial charge in [-0.2, -0.15) is 0 Å². The first-order valence-corrected chi connectivity index (χ1v) is 9.92. The van der Waals surface area contributed by atoms with E-state index in [1.165, 1.54) is 31.4 Å². The van der Waals surface area contributed by atoms with Gasteiger partial charge in [-0.1, -0.05) is 6.58 Å². The van der Waals surface area contributed by atoms with E-state index in [4.69, 9.17) is 4.74 Å². The molecule has 0 aromatic heterocycles. The fraction of sp³-hybridized carbons (Fsp3) is 0.240. The smallest absolute Gasteiger partial charge is 0.337 e. The number of hydrogen-bond acceptors (Lipinski definition) is 5. The summed E-state index contributed by atoms with van der Waals surface area (Å²) in [6, 6.07) is 7.50. The molecule has 0 spiro atoms. The van der Waals surface area contributed by atoms with Crippen LogP contribution in [0, 0.1) is 19.7 Å². The summed E-state index contributed by atoms with van der Waals surface area (Å²) in [7, 11) is 1.31. The van der Waals surface area contributed by atoms with Gasteiger partial charge in [0.05, 0.1) is 25.0 Å². The third-order valence-corrected chi connectivity index (χ3v) is 4.82. The zero-order valence-electron chi connectivity index (χ0n) is 18.9. The van der Waals surface area contributed by atoms with Crippen molar-refractivity contribution in [3.05, 3.63) is 87.9 Å². The van der Waals surface area contributed by atoms with Gasteiger partial charge < -0.3 is 15.2 Å². The second-order valence-corrected chi connectivity index (χ2v) is 7.44. The summed E-state index contributed by atoms with van der Waals surface area (Å²) in [6.45, 7) is 10.4. The largest absolute Gasteiger partial charge is 0.465 e. The molecule has 2 aromatic rings. The number of halogens is 1.